The van der Waals surface area contributed by atoms with Gasteiger partial charge in [-0.05, 0) is 30.9 Å². The van der Waals surface area contributed by atoms with Crippen molar-refractivity contribution in [1.82, 2.24) is 19.8 Å². The zero-order valence-corrected chi connectivity index (χ0v) is 9.85. The van der Waals surface area contributed by atoms with Crippen LogP contribution < -0.4 is 0 Å². The molecule has 2 heterocycles. The molecule has 1 aliphatic rings. The fourth-order valence-corrected chi connectivity index (χ4v) is 2.68. The molecule has 1 saturated carbocycles. The van der Waals surface area contributed by atoms with Crippen LogP contribution in [0.15, 0.2) is 12.1 Å². The van der Waals surface area contributed by atoms with Gasteiger partial charge in [-0.15, -0.1) is 10.2 Å². The van der Waals surface area contributed by atoms with E-state index in [9.17, 15) is 0 Å². The van der Waals surface area contributed by atoms with Crippen molar-refractivity contribution >= 4 is 17.2 Å². The average molecular weight is 237 g/mol. The first-order valence-corrected chi connectivity index (χ1v) is 6.01. The Labute approximate surface area is 98.6 Å². The van der Waals surface area contributed by atoms with Gasteiger partial charge in [-0.3, -0.25) is 0 Å². The lowest BCUT2D eigenvalue weighted by Crippen LogP contribution is -2.08. The van der Waals surface area contributed by atoms with Crippen molar-refractivity contribution in [1.29, 1.82) is 0 Å². The molecule has 5 heteroatoms. The van der Waals surface area contributed by atoms with Gasteiger partial charge in [0.05, 0.1) is 0 Å². The fourth-order valence-electron chi connectivity index (χ4n) is 2.54. The van der Waals surface area contributed by atoms with E-state index >= 15 is 0 Å². The van der Waals surface area contributed by atoms with E-state index in [1.54, 1.807) is 10.6 Å². The number of halogens is 1. The molecule has 2 unspecified atom stereocenters. The van der Waals surface area contributed by atoms with E-state index < -0.39 is 0 Å². The number of hydrogen-bond acceptors (Lipinski definition) is 3. The highest BCUT2D eigenvalue weighted by molar-refractivity contribution is 6.29. The maximum Gasteiger partial charge on any atom is 0.178 e. The van der Waals surface area contributed by atoms with Gasteiger partial charge in [0.15, 0.2) is 11.5 Å². The lowest BCUT2D eigenvalue weighted by atomic mass is 9.98. The summed E-state index contributed by atoms with van der Waals surface area (Å²) < 4.78 is 1.79. The van der Waals surface area contributed by atoms with Gasteiger partial charge in [0.25, 0.3) is 0 Å². The topological polar surface area (TPSA) is 43.1 Å². The second-order valence-electron chi connectivity index (χ2n) is 4.50. The minimum absolute atomic E-state index is 0.473. The van der Waals surface area contributed by atoms with Gasteiger partial charge in [0.2, 0.25) is 0 Å². The molecule has 0 aliphatic heterocycles. The summed E-state index contributed by atoms with van der Waals surface area (Å²) in [6.07, 6.45) is 3.71. The first kappa shape index (κ1) is 10.0. The second-order valence-corrected chi connectivity index (χ2v) is 4.89. The highest BCUT2D eigenvalue weighted by Gasteiger charge is 2.29. The molecule has 1 fully saturated rings. The molecule has 0 radical (unpaired) electrons. The van der Waals surface area contributed by atoms with Gasteiger partial charge < -0.3 is 0 Å². The van der Waals surface area contributed by atoms with Gasteiger partial charge in [-0.25, -0.2) is 0 Å². The Hall–Kier alpha value is -1.16. The maximum absolute atomic E-state index is 5.90. The van der Waals surface area contributed by atoms with E-state index in [0.717, 1.165) is 11.5 Å². The maximum atomic E-state index is 5.90. The first-order valence-electron chi connectivity index (χ1n) is 5.63. The summed E-state index contributed by atoms with van der Waals surface area (Å²) in [5.41, 5.74) is 0.776. The van der Waals surface area contributed by atoms with Gasteiger partial charge in [0.1, 0.15) is 5.15 Å². The third-order valence-electron chi connectivity index (χ3n) is 3.45. The minimum atomic E-state index is 0.473. The van der Waals surface area contributed by atoms with Crippen LogP contribution in [0.3, 0.4) is 0 Å². The molecule has 0 saturated heterocycles. The standard InChI is InChI=1S/C11H13ClN4/c1-7-3-2-4-8(7)11-14-13-10-6-5-9(12)15-16(10)11/h5-8H,2-4H2,1H3. The van der Waals surface area contributed by atoms with Crippen LogP contribution in [0.2, 0.25) is 5.15 Å². The van der Waals surface area contributed by atoms with E-state index in [-0.39, 0.29) is 0 Å². The Balaban J connectivity index is 2.12. The van der Waals surface area contributed by atoms with Gasteiger partial charge in [-0.2, -0.15) is 9.61 Å². The van der Waals surface area contributed by atoms with Crippen LogP contribution in [0.4, 0.5) is 0 Å². The normalized spacial score (nSPS) is 25.4. The van der Waals surface area contributed by atoms with Gasteiger partial charge >= 0.3 is 0 Å². The van der Waals surface area contributed by atoms with E-state index in [4.69, 9.17) is 11.6 Å². The molecule has 2 aromatic heterocycles. The van der Waals surface area contributed by atoms with Crippen molar-refractivity contribution < 1.29 is 0 Å². The molecule has 2 atom stereocenters. The molecule has 16 heavy (non-hydrogen) atoms. The summed E-state index contributed by atoms with van der Waals surface area (Å²) in [5, 5.41) is 13.1. The van der Waals surface area contributed by atoms with Crippen molar-refractivity contribution in [3.05, 3.63) is 23.1 Å². The summed E-state index contributed by atoms with van der Waals surface area (Å²) >= 11 is 5.90. The molecule has 4 nitrogen and oxygen atoms in total. The number of hydrogen-bond donors (Lipinski definition) is 0. The average Bonchev–Trinajstić information content (AvgIpc) is 2.83. The minimum Gasteiger partial charge on any atom is -0.196 e. The Morgan fingerprint density at radius 3 is 2.94 bits per heavy atom. The smallest absolute Gasteiger partial charge is 0.178 e. The number of rotatable bonds is 1. The SMILES string of the molecule is CC1CCCC1c1nnc2ccc(Cl)nn12. The molecular weight excluding hydrogens is 224 g/mol. The molecule has 0 spiro atoms. The Morgan fingerprint density at radius 2 is 2.19 bits per heavy atom. The van der Waals surface area contributed by atoms with E-state index in [0.29, 0.717) is 17.0 Å². The Bertz CT molecular complexity index is 522. The lowest BCUT2D eigenvalue weighted by Gasteiger charge is -2.12. The molecule has 84 valence electrons. The fraction of sp³-hybridized carbons (Fsp3) is 0.545. The molecular formula is C11H13ClN4. The molecule has 0 N–H and O–H groups in total. The van der Waals surface area contributed by atoms with Crippen LogP contribution >= 0.6 is 11.6 Å². The first-order chi connectivity index (χ1) is 7.75. The third-order valence-corrected chi connectivity index (χ3v) is 3.65. The van der Waals surface area contributed by atoms with Crippen LogP contribution in [-0.2, 0) is 0 Å². The van der Waals surface area contributed by atoms with Crippen LogP contribution in [0, 0.1) is 5.92 Å². The lowest BCUT2D eigenvalue weighted by molar-refractivity contribution is 0.499. The quantitative estimate of drug-likeness (QED) is 0.765. The zero-order chi connectivity index (χ0) is 11.1. The van der Waals surface area contributed by atoms with Crippen molar-refractivity contribution in [2.75, 3.05) is 0 Å². The Kier molecular flexibility index (Phi) is 2.32. The monoisotopic (exact) mass is 236 g/mol. The van der Waals surface area contributed by atoms with Crippen LogP contribution in [0.25, 0.3) is 5.65 Å². The van der Waals surface area contributed by atoms with Gasteiger partial charge in [-0.1, -0.05) is 24.9 Å². The van der Waals surface area contributed by atoms with Crippen molar-refractivity contribution in [3.63, 3.8) is 0 Å². The molecule has 2 aromatic rings. The van der Waals surface area contributed by atoms with Crippen molar-refractivity contribution in [2.24, 2.45) is 5.92 Å². The summed E-state index contributed by atoms with van der Waals surface area (Å²) in [6.45, 7) is 2.27. The van der Waals surface area contributed by atoms with Crippen molar-refractivity contribution in [3.8, 4) is 0 Å². The highest BCUT2D eigenvalue weighted by Crippen LogP contribution is 2.38. The molecule has 0 amide bonds. The summed E-state index contributed by atoms with van der Waals surface area (Å²) in [6, 6.07) is 3.60. The van der Waals surface area contributed by atoms with E-state index in [2.05, 4.69) is 22.2 Å². The van der Waals surface area contributed by atoms with Crippen molar-refractivity contribution in [2.45, 2.75) is 32.1 Å². The molecule has 1 aliphatic carbocycles. The molecule has 0 bridgehead atoms. The predicted molar refractivity (Wildman–Crippen MR) is 61.5 cm³/mol. The number of fused-ring (bicyclic) bond motifs is 1. The summed E-state index contributed by atoms with van der Waals surface area (Å²) in [5.74, 6) is 2.09. The van der Waals surface area contributed by atoms with Gasteiger partial charge in [0, 0.05) is 5.92 Å². The Morgan fingerprint density at radius 1 is 1.31 bits per heavy atom. The van der Waals surface area contributed by atoms with E-state index in [1.165, 1.54) is 19.3 Å². The molecule has 3 rings (SSSR count). The van der Waals surface area contributed by atoms with Crippen LogP contribution in [-0.4, -0.2) is 19.8 Å². The summed E-state index contributed by atoms with van der Waals surface area (Å²) in [7, 11) is 0. The number of nitrogens with zero attached hydrogens (tertiary/aromatic N) is 4. The molecule has 0 aromatic carbocycles. The van der Waals surface area contributed by atoms with Crippen LogP contribution in [0.1, 0.15) is 37.9 Å². The van der Waals surface area contributed by atoms with Crippen LogP contribution in [0.5, 0.6) is 0 Å². The summed E-state index contributed by atoms with van der Waals surface area (Å²) in [4.78, 5) is 0. The second kappa shape index (κ2) is 3.70. The predicted octanol–water partition coefficient (Wildman–Crippen LogP) is 2.68. The largest absolute Gasteiger partial charge is 0.196 e. The zero-order valence-electron chi connectivity index (χ0n) is 9.10. The van der Waals surface area contributed by atoms with E-state index in [1.807, 2.05) is 6.07 Å². The number of aromatic nitrogens is 4. The third kappa shape index (κ3) is 1.48. The highest BCUT2D eigenvalue weighted by atomic mass is 35.5.